The maximum absolute atomic E-state index is 12.2. The molecule has 0 saturated carbocycles. The van der Waals surface area contributed by atoms with Gasteiger partial charge in [0.1, 0.15) is 5.75 Å². The highest BCUT2D eigenvalue weighted by molar-refractivity contribution is 5.96. The molecule has 0 spiro atoms. The molecule has 1 heterocycles. The maximum Gasteiger partial charge on any atom is 0.163 e. The summed E-state index contributed by atoms with van der Waals surface area (Å²) in [6, 6.07) is 7.28. The van der Waals surface area contributed by atoms with Crippen LogP contribution in [0.5, 0.6) is 5.75 Å². The lowest BCUT2D eigenvalue weighted by Gasteiger charge is -2.35. The normalized spacial score (nSPS) is 15.8. The zero-order valence-corrected chi connectivity index (χ0v) is 13.0. The van der Waals surface area contributed by atoms with Crippen molar-refractivity contribution < 1.29 is 9.53 Å². The van der Waals surface area contributed by atoms with Crippen LogP contribution in [0.2, 0.25) is 0 Å². The Hall–Kier alpha value is -1.81. The molecule has 0 atom stereocenters. The third kappa shape index (κ3) is 4.33. The molecule has 0 bridgehead atoms. The van der Waals surface area contributed by atoms with E-state index in [1.165, 1.54) is 0 Å². The minimum Gasteiger partial charge on any atom is -0.497 e. The number of hydrogen-bond acceptors (Lipinski definition) is 4. The zero-order valence-electron chi connectivity index (χ0n) is 13.0. The minimum absolute atomic E-state index is 0.160. The van der Waals surface area contributed by atoms with Gasteiger partial charge in [-0.3, -0.25) is 4.79 Å². The Balaban J connectivity index is 1.81. The van der Waals surface area contributed by atoms with Gasteiger partial charge in [-0.25, -0.2) is 0 Å². The van der Waals surface area contributed by atoms with Crippen LogP contribution in [0.1, 0.15) is 23.2 Å². The van der Waals surface area contributed by atoms with Crippen LogP contribution in [0.25, 0.3) is 0 Å². The van der Waals surface area contributed by atoms with E-state index in [4.69, 9.17) is 4.74 Å². The largest absolute Gasteiger partial charge is 0.497 e. The second kappa shape index (κ2) is 7.27. The van der Waals surface area contributed by atoms with Crippen LogP contribution in [0, 0.1) is 0 Å². The third-order valence-electron chi connectivity index (χ3n) is 4.00. The molecule has 0 N–H and O–H groups in total. The molecule has 1 saturated heterocycles. The van der Waals surface area contributed by atoms with E-state index in [1.807, 2.05) is 24.3 Å². The van der Waals surface area contributed by atoms with Crippen LogP contribution in [-0.2, 0) is 0 Å². The lowest BCUT2D eigenvalue weighted by atomic mass is 10.0. The Morgan fingerprint density at radius 1 is 1.14 bits per heavy atom. The minimum atomic E-state index is 0.160. The van der Waals surface area contributed by atoms with Gasteiger partial charge in [-0.1, -0.05) is 6.58 Å². The van der Waals surface area contributed by atoms with Gasteiger partial charge in [0, 0.05) is 43.9 Å². The van der Waals surface area contributed by atoms with Gasteiger partial charge in [0.2, 0.25) is 0 Å². The Morgan fingerprint density at radius 2 is 1.76 bits per heavy atom. The molecule has 1 aromatic carbocycles. The van der Waals surface area contributed by atoms with E-state index in [0.29, 0.717) is 6.42 Å². The molecule has 0 aromatic heterocycles. The summed E-state index contributed by atoms with van der Waals surface area (Å²) in [6.07, 6.45) is 1.24. The topological polar surface area (TPSA) is 32.8 Å². The van der Waals surface area contributed by atoms with Gasteiger partial charge in [-0.15, -0.1) is 0 Å². The van der Waals surface area contributed by atoms with Crippen LogP contribution in [-0.4, -0.2) is 55.9 Å². The fraction of sp³-hybridized carbons (Fsp3) is 0.471. The summed E-state index contributed by atoms with van der Waals surface area (Å²) >= 11 is 0. The van der Waals surface area contributed by atoms with Crippen LogP contribution < -0.4 is 4.74 Å². The van der Waals surface area contributed by atoms with E-state index in [9.17, 15) is 4.79 Å². The third-order valence-corrected chi connectivity index (χ3v) is 4.00. The van der Waals surface area contributed by atoms with E-state index in [2.05, 4.69) is 23.4 Å². The number of benzene rings is 1. The Morgan fingerprint density at radius 3 is 2.33 bits per heavy atom. The van der Waals surface area contributed by atoms with Gasteiger partial charge < -0.3 is 14.5 Å². The van der Waals surface area contributed by atoms with E-state index in [1.54, 1.807) is 7.11 Å². The number of carbonyl (C=O) groups is 1. The first-order valence-electron chi connectivity index (χ1n) is 7.38. The van der Waals surface area contributed by atoms with Gasteiger partial charge >= 0.3 is 0 Å². The summed E-state index contributed by atoms with van der Waals surface area (Å²) in [4.78, 5) is 16.8. The molecule has 0 unspecified atom stereocenters. The fourth-order valence-corrected chi connectivity index (χ4v) is 2.46. The highest BCUT2D eigenvalue weighted by atomic mass is 16.5. The van der Waals surface area contributed by atoms with Gasteiger partial charge in [-0.05, 0) is 37.7 Å². The molecule has 0 aliphatic carbocycles. The van der Waals surface area contributed by atoms with Crippen molar-refractivity contribution in [2.45, 2.75) is 12.8 Å². The van der Waals surface area contributed by atoms with E-state index in [0.717, 1.165) is 49.6 Å². The van der Waals surface area contributed by atoms with Gasteiger partial charge in [0.05, 0.1) is 7.11 Å². The van der Waals surface area contributed by atoms with E-state index >= 15 is 0 Å². The molecule has 4 nitrogen and oxygen atoms in total. The summed E-state index contributed by atoms with van der Waals surface area (Å²) < 4.78 is 5.10. The number of hydrogen-bond donors (Lipinski definition) is 0. The number of piperazine rings is 1. The maximum atomic E-state index is 12.2. The lowest BCUT2D eigenvalue weighted by Crippen LogP contribution is -2.43. The number of allylic oxidation sites excluding steroid dienone is 1. The quantitative estimate of drug-likeness (QED) is 0.753. The van der Waals surface area contributed by atoms with Gasteiger partial charge in [0.25, 0.3) is 0 Å². The molecule has 4 heteroatoms. The monoisotopic (exact) mass is 288 g/mol. The number of methoxy groups -OCH3 is 1. The number of ketones is 1. The molecule has 1 aliphatic heterocycles. The number of Topliss-reactive ketones (excluding diaryl/α,β-unsaturated/α-hetero) is 1. The first kappa shape index (κ1) is 15.6. The standard InChI is InChI=1S/C17H24N2O2/c1-14(19-12-10-18(2)11-13-19)4-9-17(20)15-5-7-16(21-3)8-6-15/h5-8H,1,4,9-13H2,2-3H3. The molecule has 0 radical (unpaired) electrons. The average molecular weight is 288 g/mol. The molecule has 1 aromatic rings. The van der Waals surface area contributed by atoms with Crippen molar-refractivity contribution >= 4 is 5.78 Å². The van der Waals surface area contributed by atoms with Crippen molar-refractivity contribution in [3.63, 3.8) is 0 Å². The predicted molar refractivity (Wildman–Crippen MR) is 84.8 cm³/mol. The fourth-order valence-electron chi connectivity index (χ4n) is 2.46. The molecular weight excluding hydrogens is 264 g/mol. The van der Waals surface area contributed by atoms with E-state index < -0.39 is 0 Å². The molecule has 1 aliphatic rings. The number of ether oxygens (including phenoxy) is 1. The van der Waals surface area contributed by atoms with Crippen molar-refractivity contribution in [1.29, 1.82) is 0 Å². The Kier molecular flexibility index (Phi) is 5.39. The number of carbonyl (C=O) groups excluding carboxylic acids is 1. The zero-order chi connectivity index (χ0) is 15.2. The van der Waals surface area contributed by atoms with Crippen molar-refractivity contribution in [3.05, 3.63) is 42.1 Å². The highest BCUT2D eigenvalue weighted by Gasteiger charge is 2.16. The SMILES string of the molecule is C=C(CCC(=O)c1ccc(OC)cc1)N1CCN(C)CC1. The van der Waals surface area contributed by atoms with Crippen LogP contribution in [0.3, 0.4) is 0 Å². The first-order chi connectivity index (χ1) is 10.1. The van der Waals surface area contributed by atoms with Crippen LogP contribution in [0.15, 0.2) is 36.5 Å². The van der Waals surface area contributed by atoms with Crippen molar-refractivity contribution in [3.8, 4) is 5.75 Å². The predicted octanol–water partition coefficient (Wildman–Crippen LogP) is 2.42. The summed E-state index contributed by atoms with van der Waals surface area (Å²) in [6.45, 7) is 8.27. The lowest BCUT2D eigenvalue weighted by molar-refractivity contribution is 0.0977. The number of nitrogens with zero attached hydrogens (tertiary/aromatic N) is 2. The molecule has 2 rings (SSSR count). The Labute approximate surface area is 127 Å². The molecule has 0 amide bonds. The highest BCUT2D eigenvalue weighted by Crippen LogP contribution is 2.17. The smallest absolute Gasteiger partial charge is 0.163 e. The molecule has 1 fully saturated rings. The second-order valence-corrected chi connectivity index (χ2v) is 5.51. The first-order valence-corrected chi connectivity index (χ1v) is 7.38. The summed E-state index contributed by atoms with van der Waals surface area (Å²) in [7, 11) is 3.75. The van der Waals surface area contributed by atoms with Crippen LogP contribution in [0.4, 0.5) is 0 Å². The summed E-state index contributed by atoms with van der Waals surface area (Å²) in [5.74, 6) is 0.932. The number of rotatable bonds is 6. The van der Waals surface area contributed by atoms with Gasteiger partial charge in [0.15, 0.2) is 5.78 Å². The summed E-state index contributed by atoms with van der Waals surface area (Å²) in [5.41, 5.74) is 1.81. The second-order valence-electron chi connectivity index (χ2n) is 5.51. The van der Waals surface area contributed by atoms with Crippen molar-refractivity contribution in [2.24, 2.45) is 0 Å². The van der Waals surface area contributed by atoms with Crippen molar-refractivity contribution in [1.82, 2.24) is 9.80 Å². The van der Waals surface area contributed by atoms with E-state index in [-0.39, 0.29) is 5.78 Å². The Bertz CT molecular complexity index is 488. The molecule has 114 valence electrons. The summed E-state index contributed by atoms with van der Waals surface area (Å²) in [5, 5.41) is 0. The van der Waals surface area contributed by atoms with Crippen LogP contribution >= 0.6 is 0 Å². The number of likely N-dealkylation sites (N-methyl/N-ethyl adjacent to an activating group) is 1. The average Bonchev–Trinajstić information content (AvgIpc) is 2.53. The van der Waals surface area contributed by atoms with Crippen molar-refractivity contribution in [2.75, 3.05) is 40.3 Å². The van der Waals surface area contributed by atoms with Gasteiger partial charge in [-0.2, -0.15) is 0 Å². The molecule has 21 heavy (non-hydrogen) atoms. The molecular formula is C17H24N2O2.